The SMILES string of the molecule is C=CCOC1CC2CC1CN2C(=O)C1(C)CC=CCC1. The zero-order valence-electron chi connectivity index (χ0n) is 12.4. The van der Waals surface area contributed by atoms with E-state index >= 15 is 0 Å². The van der Waals surface area contributed by atoms with Crippen LogP contribution < -0.4 is 0 Å². The molecule has 1 heterocycles. The number of allylic oxidation sites excluding steroid dienone is 2. The summed E-state index contributed by atoms with van der Waals surface area (Å²) < 4.78 is 5.82. The maximum atomic E-state index is 12.9. The lowest BCUT2D eigenvalue weighted by atomic mass is 9.77. The molecule has 3 nitrogen and oxygen atoms in total. The highest BCUT2D eigenvalue weighted by atomic mass is 16.5. The van der Waals surface area contributed by atoms with Gasteiger partial charge in [0.05, 0.1) is 18.1 Å². The third-order valence-electron chi connectivity index (χ3n) is 5.28. The number of nitrogens with zero attached hydrogens (tertiary/aromatic N) is 1. The largest absolute Gasteiger partial charge is 0.374 e. The third kappa shape index (κ3) is 2.32. The van der Waals surface area contributed by atoms with E-state index in [1.807, 2.05) is 6.08 Å². The van der Waals surface area contributed by atoms with Crippen LogP contribution in [0.4, 0.5) is 0 Å². The summed E-state index contributed by atoms with van der Waals surface area (Å²) in [4.78, 5) is 15.0. The van der Waals surface area contributed by atoms with Crippen molar-refractivity contribution in [2.75, 3.05) is 13.2 Å². The number of carbonyl (C=O) groups is 1. The first-order chi connectivity index (χ1) is 9.64. The van der Waals surface area contributed by atoms with Crippen molar-refractivity contribution in [3.63, 3.8) is 0 Å². The molecular formula is C17H25NO2. The predicted octanol–water partition coefficient (Wildman–Crippen LogP) is 2.92. The maximum absolute atomic E-state index is 12.9. The zero-order chi connectivity index (χ0) is 14.2. The zero-order valence-corrected chi connectivity index (χ0v) is 12.4. The Balaban J connectivity index is 1.62. The molecule has 0 radical (unpaired) electrons. The van der Waals surface area contributed by atoms with Crippen LogP contribution in [0, 0.1) is 11.3 Å². The first kappa shape index (κ1) is 13.9. The summed E-state index contributed by atoms with van der Waals surface area (Å²) in [5.41, 5.74) is -0.170. The van der Waals surface area contributed by atoms with E-state index in [-0.39, 0.29) is 5.41 Å². The summed E-state index contributed by atoms with van der Waals surface area (Å²) >= 11 is 0. The van der Waals surface area contributed by atoms with E-state index in [4.69, 9.17) is 4.74 Å². The summed E-state index contributed by atoms with van der Waals surface area (Å²) in [5, 5.41) is 0. The van der Waals surface area contributed by atoms with E-state index < -0.39 is 0 Å². The van der Waals surface area contributed by atoms with Crippen molar-refractivity contribution in [2.24, 2.45) is 11.3 Å². The fraction of sp³-hybridized carbons (Fsp3) is 0.706. The molecule has 4 atom stereocenters. The van der Waals surface area contributed by atoms with Gasteiger partial charge in [0.25, 0.3) is 0 Å². The molecule has 4 unspecified atom stereocenters. The topological polar surface area (TPSA) is 29.5 Å². The van der Waals surface area contributed by atoms with Gasteiger partial charge in [0.15, 0.2) is 0 Å². The monoisotopic (exact) mass is 275 g/mol. The van der Waals surface area contributed by atoms with Crippen LogP contribution in [0.1, 0.15) is 39.0 Å². The molecule has 0 aromatic rings. The van der Waals surface area contributed by atoms with E-state index in [0.29, 0.717) is 30.6 Å². The molecule has 3 rings (SSSR count). The van der Waals surface area contributed by atoms with Crippen LogP contribution in [-0.4, -0.2) is 36.1 Å². The lowest BCUT2D eigenvalue weighted by Crippen LogP contribution is -2.48. The number of likely N-dealkylation sites (tertiary alicyclic amines) is 1. The molecule has 1 aliphatic heterocycles. The van der Waals surface area contributed by atoms with Gasteiger partial charge in [-0.15, -0.1) is 6.58 Å². The van der Waals surface area contributed by atoms with E-state index in [2.05, 4.69) is 30.6 Å². The lowest BCUT2D eigenvalue weighted by molar-refractivity contribution is -0.145. The summed E-state index contributed by atoms with van der Waals surface area (Å²) in [6.07, 6.45) is 11.6. The summed E-state index contributed by atoms with van der Waals surface area (Å²) in [7, 11) is 0. The first-order valence-electron chi connectivity index (χ1n) is 7.82. The van der Waals surface area contributed by atoms with Gasteiger partial charge in [-0.1, -0.05) is 25.2 Å². The number of ether oxygens (including phenoxy) is 1. The summed E-state index contributed by atoms with van der Waals surface area (Å²) in [5.74, 6) is 0.906. The van der Waals surface area contributed by atoms with E-state index in [0.717, 1.165) is 38.6 Å². The predicted molar refractivity (Wildman–Crippen MR) is 79.3 cm³/mol. The molecule has 0 spiro atoms. The number of piperidine rings is 1. The Hall–Kier alpha value is -1.09. The highest BCUT2D eigenvalue weighted by Gasteiger charge is 2.50. The van der Waals surface area contributed by atoms with E-state index in [9.17, 15) is 4.79 Å². The number of amides is 1. The van der Waals surface area contributed by atoms with Crippen molar-refractivity contribution in [3.8, 4) is 0 Å². The first-order valence-corrected chi connectivity index (χ1v) is 7.82. The van der Waals surface area contributed by atoms with Crippen molar-refractivity contribution < 1.29 is 9.53 Å². The molecule has 1 saturated heterocycles. The number of fused-ring (bicyclic) bond motifs is 2. The molecule has 0 N–H and O–H groups in total. The van der Waals surface area contributed by atoms with Crippen molar-refractivity contribution >= 4 is 5.91 Å². The maximum Gasteiger partial charge on any atom is 0.229 e. The second-order valence-electron chi connectivity index (χ2n) is 6.78. The highest BCUT2D eigenvalue weighted by Crippen LogP contribution is 2.43. The second kappa shape index (κ2) is 5.36. The molecule has 1 saturated carbocycles. The Morgan fingerprint density at radius 2 is 2.35 bits per heavy atom. The minimum Gasteiger partial charge on any atom is -0.374 e. The highest BCUT2D eigenvalue weighted by molar-refractivity contribution is 5.83. The third-order valence-corrected chi connectivity index (χ3v) is 5.28. The van der Waals surface area contributed by atoms with Gasteiger partial charge in [0.1, 0.15) is 0 Å². The van der Waals surface area contributed by atoms with Crippen LogP contribution in [0.15, 0.2) is 24.8 Å². The molecule has 0 aromatic heterocycles. The fourth-order valence-corrected chi connectivity index (χ4v) is 4.06. The van der Waals surface area contributed by atoms with Crippen LogP contribution >= 0.6 is 0 Å². The van der Waals surface area contributed by atoms with Gasteiger partial charge in [-0.05, 0) is 32.1 Å². The fourth-order valence-electron chi connectivity index (χ4n) is 4.06. The van der Waals surface area contributed by atoms with Gasteiger partial charge in [0.2, 0.25) is 5.91 Å². The molecule has 3 aliphatic rings. The molecule has 2 aliphatic carbocycles. The Bertz CT molecular complexity index is 431. The minimum atomic E-state index is -0.170. The van der Waals surface area contributed by atoms with Crippen LogP contribution in [-0.2, 0) is 9.53 Å². The molecule has 110 valence electrons. The van der Waals surface area contributed by atoms with Crippen LogP contribution in [0.5, 0.6) is 0 Å². The Morgan fingerprint density at radius 1 is 1.50 bits per heavy atom. The van der Waals surface area contributed by atoms with Crippen LogP contribution in [0.25, 0.3) is 0 Å². The van der Waals surface area contributed by atoms with E-state index in [1.165, 1.54) is 0 Å². The normalized spacial score (nSPS) is 39.2. The van der Waals surface area contributed by atoms with Gasteiger partial charge in [-0.25, -0.2) is 0 Å². The average molecular weight is 275 g/mol. The smallest absolute Gasteiger partial charge is 0.229 e. The number of hydrogen-bond acceptors (Lipinski definition) is 2. The molecule has 20 heavy (non-hydrogen) atoms. The van der Waals surface area contributed by atoms with Crippen molar-refractivity contribution in [1.29, 1.82) is 0 Å². The van der Waals surface area contributed by atoms with Gasteiger partial charge in [-0.3, -0.25) is 4.79 Å². The molecule has 1 amide bonds. The van der Waals surface area contributed by atoms with Gasteiger partial charge in [-0.2, -0.15) is 0 Å². The summed E-state index contributed by atoms with van der Waals surface area (Å²) in [6.45, 7) is 7.36. The van der Waals surface area contributed by atoms with Crippen molar-refractivity contribution in [3.05, 3.63) is 24.8 Å². The lowest BCUT2D eigenvalue weighted by Gasteiger charge is -2.39. The molecule has 2 bridgehead atoms. The van der Waals surface area contributed by atoms with Crippen molar-refractivity contribution in [2.45, 2.75) is 51.2 Å². The second-order valence-corrected chi connectivity index (χ2v) is 6.78. The van der Waals surface area contributed by atoms with Gasteiger partial charge in [0, 0.05) is 18.5 Å². The van der Waals surface area contributed by atoms with Crippen LogP contribution in [0.2, 0.25) is 0 Å². The quantitative estimate of drug-likeness (QED) is 0.738. The average Bonchev–Trinajstić information content (AvgIpc) is 3.04. The molecule has 0 aromatic carbocycles. The van der Waals surface area contributed by atoms with Crippen LogP contribution in [0.3, 0.4) is 0 Å². The minimum absolute atomic E-state index is 0.170. The Morgan fingerprint density at radius 3 is 2.95 bits per heavy atom. The molecule has 2 fully saturated rings. The Labute approximate surface area is 121 Å². The Kier molecular flexibility index (Phi) is 3.72. The summed E-state index contributed by atoms with van der Waals surface area (Å²) in [6, 6.07) is 0.407. The number of rotatable bonds is 4. The van der Waals surface area contributed by atoms with E-state index in [1.54, 1.807) is 0 Å². The van der Waals surface area contributed by atoms with Gasteiger partial charge < -0.3 is 9.64 Å². The van der Waals surface area contributed by atoms with Gasteiger partial charge >= 0.3 is 0 Å². The van der Waals surface area contributed by atoms with Crippen molar-refractivity contribution in [1.82, 2.24) is 4.90 Å². The molecule has 3 heteroatoms. The molecular weight excluding hydrogens is 250 g/mol. The number of carbonyl (C=O) groups excluding carboxylic acids is 1. The number of hydrogen-bond donors (Lipinski definition) is 0. The standard InChI is InChI=1S/C17H25NO2/c1-3-9-20-15-11-14-10-13(15)12-18(14)16(19)17(2)7-5-4-6-8-17/h3-5,13-15H,1,6-12H2,2H3.